The fourth-order valence-electron chi connectivity index (χ4n) is 1.63. The van der Waals surface area contributed by atoms with Crippen LogP contribution in [-0.4, -0.2) is 19.1 Å². The van der Waals surface area contributed by atoms with E-state index in [1.807, 2.05) is 18.2 Å². The number of rotatable bonds is 3. The Morgan fingerprint density at radius 2 is 2.29 bits per heavy atom. The van der Waals surface area contributed by atoms with E-state index < -0.39 is 0 Å². The molecular formula is C11H15ClN2. The Balaban J connectivity index is 1.98. The third kappa shape index (κ3) is 2.27. The van der Waals surface area contributed by atoms with Gasteiger partial charge in [0.1, 0.15) is 0 Å². The van der Waals surface area contributed by atoms with Crippen LogP contribution < -0.4 is 10.6 Å². The van der Waals surface area contributed by atoms with Crippen LogP contribution in [-0.2, 0) is 0 Å². The Kier molecular flexibility index (Phi) is 3.06. The van der Waals surface area contributed by atoms with Crippen molar-refractivity contribution in [2.24, 2.45) is 0 Å². The Hall–Kier alpha value is -0.570. The molecule has 0 spiro atoms. The lowest BCUT2D eigenvalue weighted by Gasteiger charge is -2.31. The molecule has 14 heavy (non-hydrogen) atoms. The molecule has 76 valence electrons. The molecule has 1 atom stereocenters. The normalized spacial score (nSPS) is 19.0. The number of hydrogen-bond acceptors (Lipinski definition) is 2. The van der Waals surface area contributed by atoms with Crippen LogP contribution in [0.5, 0.6) is 0 Å². The smallest absolute Gasteiger partial charge is 0.0409 e. The Bertz CT molecular complexity index is 310. The minimum atomic E-state index is 0.376. The largest absolute Gasteiger partial charge is 0.314 e. The highest BCUT2D eigenvalue weighted by Crippen LogP contribution is 2.18. The number of nitrogens with one attached hydrogen (secondary N) is 2. The molecule has 1 aromatic carbocycles. The summed E-state index contributed by atoms with van der Waals surface area (Å²) in [4.78, 5) is 0. The molecule has 0 aromatic heterocycles. The van der Waals surface area contributed by atoms with E-state index in [0.29, 0.717) is 12.1 Å². The third-order valence-corrected chi connectivity index (χ3v) is 2.85. The quantitative estimate of drug-likeness (QED) is 0.797. The van der Waals surface area contributed by atoms with Gasteiger partial charge in [0.05, 0.1) is 0 Å². The zero-order chi connectivity index (χ0) is 9.97. The zero-order valence-corrected chi connectivity index (χ0v) is 9.01. The van der Waals surface area contributed by atoms with Gasteiger partial charge in [-0.25, -0.2) is 0 Å². The molecule has 2 rings (SSSR count). The maximum absolute atomic E-state index is 5.93. The standard InChI is InChI=1S/C11H15ClN2/c1-8(14-11-6-13-7-11)9-3-2-4-10(12)5-9/h2-5,8,11,13-14H,6-7H2,1H3/t8-/m0/s1. The zero-order valence-electron chi connectivity index (χ0n) is 8.26. The number of hydrogen-bond donors (Lipinski definition) is 2. The van der Waals surface area contributed by atoms with Gasteiger partial charge in [0, 0.05) is 30.2 Å². The highest BCUT2D eigenvalue weighted by molar-refractivity contribution is 6.30. The molecule has 2 N–H and O–H groups in total. The molecule has 0 bridgehead atoms. The maximum atomic E-state index is 5.93. The van der Waals surface area contributed by atoms with Gasteiger partial charge < -0.3 is 10.6 Å². The van der Waals surface area contributed by atoms with Crippen molar-refractivity contribution in [3.05, 3.63) is 34.9 Å². The Morgan fingerprint density at radius 3 is 2.86 bits per heavy atom. The Morgan fingerprint density at radius 1 is 1.50 bits per heavy atom. The highest BCUT2D eigenvalue weighted by Gasteiger charge is 2.18. The van der Waals surface area contributed by atoms with Gasteiger partial charge in [0.25, 0.3) is 0 Å². The molecule has 1 saturated heterocycles. The van der Waals surface area contributed by atoms with Gasteiger partial charge in [-0.1, -0.05) is 23.7 Å². The number of benzene rings is 1. The van der Waals surface area contributed by atoms with E-state index in [0.717, 1.165) is 18.1 Å². The average molecular weight is 211 g/mol. The molecule has 0 amide bonds. The SMILES string of the molecule is C[C@H](NC1CNC1)c1cccc(Cl)c1. The van der Waals surface area contributed by atoms with Gasteiger partial charge in [-0.2, -0.15) is 0 Å². The van der Waals surface area contributed by atoms with Crippen LogP contribution in [0, 0.1) is 0 Å². The van der Waals surface area contributed by atoms with Crippen molar-refractivity contribution >= 4 is 11.6 Å². The first-order valence-corrected chi connectivity index (χ1v) is 5.36. The van der Waals surface area contributed by atoms with Crippen molar-refractivity contribution in [1.82, 2.24) is 10.6 Å². The molecule has 0 saturated carbocycles. The molecule has 1 aliphatic heterocycles. The van der Waals surface area contributed by atoms with Crippen molar-refractivity contribution in [3.8, 4) is 0 Å². The van der Waals surface area contributed by atoms with E-state index >= 15 is 0 Å². The highest BCUT2D eigenvalue weighted by atomic mass is 35.5. The first kappa shape index (κ1) is 9.97. The lowest BCUT2D eigenvalue weighted by molar-refractivity contribution is 0.338. The van der Waals surface area contributed by atoms with Crippen LogP contribution >= 0.6 is 11.6 Å². The van der Waals surface area contributed by atoms with E-state index in [1.54, 1.807) is 0 Å². The van der Waals surface area contributed by atoms with Crippen LogP contribution in [0.15, 0.2) is 24.3 Å². The van der Waals surface area contributed by atoms with E-state index in [4.69, 9.17) is 11.6 Å². The fourth-order valence-corrected chi connectivity index (χ4v) is 1.83. The predicted molar refractivity (Wildman–Crippen MR) is 59.7 cm³/mol. The molecule has 2 nitrogen and oxygen atoms in total. The topological polar surface area (TPSA) is 24.1 Å². The average Bonchev–Trinajstić information content (AvgIpc) is 2.11. The lowest BCUT2D eigenvalue weighted by Crippen LogP contribution is -2.55. The second kappa shape index (κ2) is 4.30. The van der Waals surface area contributed by atoms with Crippen LogP contribution in [0.1, 0.15) is 18.5 Å². The first-order valence-electron chi connectivity index (χ1n) is 4.98. The Labute approximate surface area is 89.7 Å². The van der Waals surface area contributed by atoms with Gasteiger partial charge >= 0.3 is 0 Å². The van der Waals surface area contributed by atoms with E-state index in [2.05, 4.69) is 23.6 Å². The molecule has 0 aliphatic carbocycles. The minimum absolute atomic E-state index is 0.376. The van der Waals surface area contributed by atoms with Gasteiger partial charge in [0.15, 0.2) is 0 Å². The first-order chi connectivity index (χ1) is 6.75. The van der Waals surface area contributed by atoms with Crippen LogP contribution in [0.4, 0.5) is 0 Å². The van der Waals surface area contributed by atoms with Crippen LogP contribution in [0.25, 0.3) is 0 Å². The summed E-state index contributed by atoms with van der Waals surface area (Å²) in [5.74, 6) is 0. The lowest BCUT2D eigenvalue weighted by atomic mass is 10.1. The second-order valence-corrected chi connectivity index (χ2v) is 4.23. The molecule has 1 fully saturated rings. The van der Waals surface area contributed by atoms with Crippen molar-refractivity contribution < 1.29 is 0 Å². The molecule has 1 aromatic rings. The second-order valence-electron chi connectivity index (χ2n) is 3.80. The van der Waals surface area contributed by atoms with E-state index in [-0.39, 0.29) is 0 Å². The third-order valence-electron chi connectivity index (χ3n) is 2.62. The van der Waals surface area contributed by atoms with E-state index in [1.165, 1.54) is 5.56 Å². The van der Waals surface area contributed by atoms with Gasteiger partial charge in [-0.3, -0.25) is 0 Å². The predicted octanol–water partition coefficient (Wildman–Crippen LogP) is 1.96. The summed E-state index contributed by atoms with van der Waals surface area (Å²) >= 11 is 5.93. The summed E-state index contributed by atoms with van der Waals surface area (Å²) in [7, 11) is 0. The summed E-state index contributed by atoms with van der Waals surface area (Å²) in [6, 6.07) is 9.02. The van der Waals surface area contributed by atoms with Gasteiger partial charge in [-0.05, 0) is 24.6 Å². The number of halogens is 1. The molecule has 0 radical (unpaired) electrons. The summed E-state index contributed by atoms with van der Waals surface area (Å²) in [6.07, 6.45) is 0. The van der Waals surface area contributed by atoms with Crippen LogP contribution in [0.2, 0.25) is 5.02 Å². The maximum Gasteiger partial charge on any atom is 0.0409 e. The molecule has 1 heterocycles. The van der Waals surface area contributed by atoms with Crippen LogP contribution in [0.3, 0.4) is 0 Å². The van der Waals surface area contributed by atoms with Crippen molar-refractivity contribution in [1.29, 1.82) is 0 Å². The van der Waals surface area contributed by atoms with Crippen molar-refractivity contribution in [3.63, 3.8) is 0 Å². The summed E-state index contributed by atoms with van der Waals surface area (Å²) in [5, 5.41) is 7.59. The summed E-state index contributed by atoms with van der Waals surface area (Å²) < 4.78 is 0. The minimum Gasteiger partial charge on any atom is -0.314 e. The fraction of sp³-hybridized carbons (Fsp3) is 0.455. The van der Waals surface area contributed by atoms with Gasteiger partial charge in [0.2, 0.25) is 0 Å². The molecular weight excluding hydrogens is 196 g/mol. The van der Waals surface area contributed by atoms with Gasteiger partial charge in [-0.15, -0.1) is 0 Å². The molecule has 3 heteroatoms. The van der Waals surface area contributed by atoms with E-state index in [9.17, 15) is 0 Å². The summed E-state index contributed by atoms with van der Waals surface area (Å²) in [6.45, 7) is 4.32. The summed E-state index contributed by atoms with van der Waals surface area (Å²) in [5.41, 5.74) is 1.25. The molecule has 0 unspecified atom stereocenters. The monoisotopic (exact) mass is 210 g/mol. The van der Waals surface area contributed by atoms with Crippen molar-refractivity contribution in [2.75, 3.05) is 13.1 Å². The molecule has 1 aliphatic rings. The van der Waals surface area contributed by atoms with Crippen molar-refractivity contribution in [2.45, 2.75) is 19.0 Å².